The third-order valence-corrected chi connectivity index (χ3v) is 3.65. The Labute approximate surface area is 117 Å². The molecule has 6 nitrogen and oxygen atoms in total. The van der Waals surface area contributed by atoms with Gasteiger partial charge in [-0.25, -0.2) is 4.98 Å². The summed E-state index contributed by atoms with van der Waals surface area (Å²) in [7, 11) is 1.88. The Morgan fingerprint density at radius 1 is 1.40 bits per heavy atom. The van der Waals surface area contributed by atoms with Crippen molar-refractivity contribution < 1.29 is 4.79 Å². The standard InChI is InChI=1S/C14H19N5O/c1-8-9(6-19(4)18-8)12-16-10-5-14(2,3)7-15-13(20)11(10)17-12/h6H,5,7H2,1-4H3,(H,15,20)(H,16,17). The van der Waals surface area contributed by atoms with Crippen LogP contribution < -0.4 is 5.32 Å². The van der Waals surface area contributed by atoms with Gasteiger partial charge in [0.25, 0.3) is 5.91 Å². The Morgan fingerprint density at radius 2 is 2.15 bits per heavy atom. The lowest BCUT2D eigenvalue weighted by atomic mass is 9.88. The molecular weight excluding hydrogens is 254 g/mol. The van der Waals surface area contributed by atoms with Crippen LogP contribution in [0, 0.1) is 12.3 Å². The molecule has 1 aliphatic rings. The van der Waals surface area contributed by atoms with E-state index in [1.807, 2.05) is 20.2 Å². The highest BCUT2D eigenvalue weighted by atomic mass is 16.1. The summed E-state index contributed by atoms with van der Waals surface area (Å²) < 4.78 is 1.75. The number of fused-ring (bicyclic) bond motifs is 1. The number of hydrogen-bond acceptors (Lipinski definition) is 3. The maximum absolute atomic E-state index is 12.1. The molecule has 20 heavy (non-hydrogen) atoms. The molecule has 0 saturated carbocycles. The zero-order valence-electron chi connectivity index (χ0n) is 12.2. The molecule has 0 saturated heterocycles. The molecule has 0 fully saturated rings. The van der Waals surface area contributed by atoms with Gasteiger partial charge >= 0.3 is 0 Å². The van der Waals surface area contributed by atoms with E-state index < -0.39 is 0 Å². The molecule has 0 aliphatic carbocycles. The van der Waals surface area contributed by atoms with E-state index in [1.54, 1.807) is 4.68 Å². The summed E-state index contributed by atoms with van der Waals surface area (Å²) in [4.78, 5) is 19.9. The normalized spacial score (nSPS) is 17.5. The monoisotopic (exact) mass is 273 g/mol. The number of aromatic nitrogens is 4. The predicted octanol–water partition coefficient (Wildman–Crippen LogP) is 1.43. The van der Waals surface area contributed by atoms with Crippen molar-refractivity contribution in [1.82, 2.24) is 25.1 Å². The van der Waals surface area contributed by atoms with Gasteiger partial charge in [0.1, 0.15) is 11.5 Å². The van der Waals surface area contributed by atoms with E-state index in [-0.39, 0.29) is 11.3 Å². The van der Waals surface area contributed by atoms with Crippen molar-refractivity contribution in [2.75, 3.05) is 6.54 Å². The van der Waals surface area contributed by atoms with Gasteiger partial charge in [0.2, 0.25) is 0 Å². The Hall–Kier alpha value is -2.11. The summed E-state index contributed by atoms with van der Waals surface area (Å²) in [5, 5.41) is 7.25. The van der Waals surface area contributed by atoms with Gasteiger partial charge < -0.3 is 10.3 Å². The van der Waals surface area contributed by atoms with Crippen LogP contribution >= 0.6 is 0 Å². The average Bonchev–Trinajstić information content (AvgIpc) is 2.86. The van der Waals surface area contributed by atoms with Crippen LogP contribution in [0.5, 0.6) is 0 Å². The van der Waals surface area contributed by atoms with Crippen molar-refractivity contribution in [3.8, 4) is 11.4 Å². The third kappa shape index (κ3) is 2.11. The highest BCUT2D eigenvalue weighted by Gasteiger charge is 2.30. The van der Waals surface area contributed by atoms with Crippen LogP contribution in [0.25, 0.3) is 11.4 Å². The lowest BCUT2D eigenvalue weighted by Gasteiger charge is -2.21. The van der Waals surface area contributed by atoms with Crippen LogP contribution in [0.1, 0.15) is 35.7 Å². The van der Waals surface area contributed by atoms with E-state index in [9.17, 15) is 4.79 Å². The van der Waals surface area contributed by atoms with Gasteiger partial charge in [0.15, 0.2) is 0 Å². The van der Waals surface area contributed by atoms with Crippen LogP contribution in [0.3, 0.4) is 0 Å². The number of nitrogens with zero attached hydrogens (tertiary/aromatic N) is 3. The molecule has 6 heteroatoms. The minimum Gasteiger partial charge on any atom is -0.350 e. The smallest absolute Gasteiger partial charge is 0.271 e. The number of aromatic amines is 1. The summed E-state index contributed by atoms with van der Waals surface area (Å²) >= 11 is 0. The minimum absolute atomic E-state index is 0.0225. The largest absolute Gasteiger partial charge is 0.350 e. The van der Waals surface area contributed by atoms with E-state index in [4.69, 9.17) is 0 Å². The second-order valence-corrected chi connectivity index (χ2v) is 6.24. The molecule has 0 unspecified atom stereocenters. The Morgan fingerprint density at radius 3 is 2.80 bits per heavy atom. The van der Waals surface area contributed by atoms with Crippen LogP contribution in [-0.2, 0) is 13.5 Å². The molecule has 0 atom stereocenters. The first-order chi connectivity index (χ1) is 9.35. The summed E-state index contributed by atoms with van der Waals surface area (Å²) in [6, 6.07) is 0. The Balaban J connectivity index is 2.08. The van der Waals surface area contributed by atoms with Crippen molar-refractivity contribution in [3.05, 3.63) is 23.3 Å². The average molecular weight is 273 g/mol. The topological polar surface area (TPSA) is 75.6 Å². The number of H-pyrrole nitrogens is 1. The maximum Gasteiger partial charge on any atom is 0.271 e. The number of imidazole rings is 1. The fourth-order valence-corrected chi connectivity index (χ4v) is 2.63. The summed E-state index contributed by atoms with van der Waals surface area (Å²) in [5.74, 6) is 0.614. The van der Waals surface area contributed by atoms with Gasteiger partial charge in [-0.3, -0.25) is 9.48 Å². The summed E-state index contributed by atoms with van der Waals surface area (Å²) in [6.07, 6.45) is 2.71. The fourth-order valence-electron chi connectivity index (χ4n) is 2.63. The quantitative estimate of drug-likeness (QED) is 0.825. The first kappa shape index (κ1) is 12.9. The lowest BCUT2D eigenvalue weighted by Crippen LogP contribution is -2.32. The number of carbonyl (C=O) groups excluding carboxylic acids is 1. The molecule has 1 amide bonds. The molecular formula is C14H19N5O. The first-order valence-electron chi connectivity index (χ1n) is 6.73. The molecule has 0 aromatic carbocycles. The van der Waals surface area contributed by atoms with E-state index in [0.29, 0.717) is 18.1 Å². The molecule has 3 rings (SSSR count). The Kier molecular flexibility index (Phi) is 2.70. The number of carbonyl (C=O) groups is 1. The lowest BCUT2D eigenvalue weighted by molar-refractivity contribution is 0.0940. The van der Waals surface area contributed by atoms with E-state index in [0.717, 1.165) is 23.4 Å². The summed E-state index contributed by atoms with van der Waals surface area (Å²) in [6.45, 7) is 6.88. The summed E-state index contributed by atoms with van der Waals surface area (Å²) in [5.41, 5.74) is 3.27. The second kappa shape index (κ2) is 4.19. The molecule has 0 bridgehead atoms. The highest BCUT2D eigenvalue weighted by Crippen LogP contribution is 2.28. The van der Waals surface area contributed by atoms with Crippen molar-refractivity contribution in [3.63, 3.8) is 0 Å². The number of hydrogen-bond donors (Lipinski definition) is 2. The molecule has 106 valence electrons. The van der Waals surface area contributed by atoms with E-state index in [2.05, 4.69) is 34.2 Å². The maximum atomic E-state index is 12.1. The first-order valence-corrected chi connectivity index (χ1v) is 6.73. The van der Waals surface area contributed by atoms with E-state index in [1.165, 1.54) is 0 Å². The number of nitrogens with one attached hydrogen (secondary N) is 2. The molecule has 2 aromatic rings. The van der Waals surface area contributed by atoms with Crippen LogP contribution in [0.2, 0.25) is 0 Å². The second-order valence-electron chi connectivity index (χ2n) is 6.24. The van der Waals surface area contributed by atoms with E-state index >= 15 is 0 Å². The highest BCUT2D eigenvalue weighted by molar-refractivity contribution is 5.94. The van der Waals surface area contributed by atoms with Gasteiger partial charge in [-0.05, 0) is 18.8 Å². The fraction of sp³-hybridized carbons (Fsp3) is 0.500. The van der Waals surface area contributed by atoms with Crippen molar-refractivity contribution >= 4 is 5.91 Å². The van der Waals surface area contributed by atoms with Crippen LogP contribution in [0.15, 0.2) is 6.20 Å². The minimum atomic E-state index is -0.102. The molecule has 0 spiro atoms. The number of amides is 1. The van der Waals surface area contributed by atoms with Crippen molar-refractivity contribution in [2.45, 2.75) is 27.2 Å². The zero-order valence-corrected chi connectivity index (χ0v) is 12.2. The third-order valence-electron chi connectivity index (χ3n) is 3.65. The SMILES string of the molecule is Cc1nn(C)cc1-c1nc2c([nH]1)CC(C)(C)CNC2=O. The van der Waals surface area contributed by atoms with Crippen molar-refractivity contribution in [2.24, 2.45) is 12.5 Å². The van der Waals surface area contributed by atoms with Gasteiger partial charge in [0.05, 0.1) is 11.3 Å². The molecule has 2 aromatic heterocycles. The van der Waals surface area contributed by atoms with Gasteiger partial charge in [0, 0.05) is 25.5 Å². The number of aryl methyl sites for hydroxylation is 2. The Bertz CT molecular complexity index is 680. The van der Waals surface area contributed by atoms with Crippen LogP contribution in [-0.4, -0.2) is 32.2 Å². The number of rotatable bonds is 1. The zero-order chi connectivity index (χ0) is 14.5. The van der Waals surface area contributed by atoms with Gasteiger partial charge in [-0.2, -0.15) is 5.10 Å². The predicted molar refractivity (Wildman–Crippen MR) is 75.3 cm³/mol. The molecule has 0 radical (unpaired) electrons. The molecule has 3 heterocycles. The van der Waals surface area contributed by atoms with Crippen molar-refractivity contribution in [1.29, 1.82) is 0 Å². The van der Waals surface area contributed by atoms with Gasteiger partial charge in [-0.15, -0.1) is 0 Å². The molecule has 1 aliphatic heterocycles. The molecule has 2 N–H and O–H groups in total. The van der Waals surface area contributed by atoms with Crippen LogP contribution in [0.4, 0.5) is 0 Å². The van der Waals surface area contributed by atoms with Gasteiger partial charge in [-0.1, -0.05) is 13.8 Å².